The van der Waals surface area contributed by atoms with Crippen molar-refractivity contribution in [2.24, 2.45) is 0 Å². The van der Waals surface area contributed by atoms with Gasteiger partial charge in [0.2, 0.25) is 0 Å². The van der Waals surface area contributed by atoms with Crippen LogP contribution in [-0.2, 0) is 682 Å². The smallest absolute Gasteiger partial charge is 0 e. The van der Waals surface area contributed by atoms with Crippen molar-refractivity contribution >= 4 is 0 Å². The van der Waals surface area contributed by atoms with Crippen molar-refractivity contribution in [3.63, 3.8) is 0 Å². The van der Waals surface area contributed by atoms with Gasteiger partial charge < -0.3 is 0 Å². The van der Waals surface area contributed by atoms with E-state index in [1.54, 1.807) is 0 Å². The van der Waals surface area contributed by atoms with E-state index in [0.717, 1.165) is 0 Å². The molecule has 0 fully saturated rings. The van der Waals surface area contributed by atoms with Crippen LogP contribution in [0.1, 0.15) is 0 Å². The Bertz CT molecular complexity index is 0. The number of hydrogen-bond donors (Lipinski definition) is 0. The van der Waals surface area contributed by atoms with E-state index >= 15 is 0 Å². The zero-order valence-electron chi connectivity index (χ0n) is 24.7. The second-order valence-electron chi connectivity index (χ2n) is 0. The van der Waals surface area contributed by atoms with Gasteiger partial charge in [-0.2, -0.15) is 0 Å². The Morgan fingerprint density at radius 2 is 0.0286 bits per heavy atom. The fourth-order valence-electron chi connectivity index (χ4n) is 0. The van der Waals surface area contributed by atoms with Crippen molar-refractivity contribution in [3.05, 3.63) is 0 Å². The van der Waals surface area contributed by atoms with Crippen LogP contribution in [0, 0.1) is 0 Å². The van der Waals surface area contributed by atoms with Crippen molar-refractivity contribution in [2.75, 3.05) is 0 Å². The molecule has 0 aromatic rings. The van der Waals surface area contributed by atoms with Crippen LogP contribution in [0.15, 0.2) is 0 Å². The minimum Gasteiger partial charge on any atom is 0 e. The maximum absolute atomic E-state index is 0. The summed E-state index contributed by atoms with van der Waals surface area (Å²) in [5.74, 6) is 0. The van der Waals surface area contributed by atoms with Crippen LogP contribution in [0.25, 0.3) is 0 Å². The summed E-state index contributed by atoms with van der Waals surface area (Å²) < 4.78 is 0. The second kappa shape index (κ2) is 352. The molecule has 35 heteroatoms. The fraction of sp³-hybridized carbons (Fsp3) is 0. The molecule has 0 rings (SSSR count). The monoisotopic (exact) mass is 2240 g/mol. The molecule has 35 heavy (non-hydrogen) atoms. The molecule has 0 N–H and O–H groups in total. The molecule has 0 saturated heterocycles. The van der Waals surface area contributed by atoms with E-state index < -0.39 is 0 Å². The normalized spacial score (nSPS) is 0. The molecule has 0 aliphatic heterocycles. The minimum atomic E-state index is 0. The summed E-state index contributed by atoms with van der Waals surface area (Å²) in [6, 6.07) is 0. The summed E-state index contributed by atoms with van der Waals surface area (Å²) in [5.41, 5.74) is 0. The molecule has 0 aliphatic carbocycles. The van der Waals surface area contributed by atoms with Gasteiger partial charge in [0.25, 0.3) is 0 Å². The fourth-order valence-corrected chi connectivity index (χ4v) is 0. The van der Waals surface area contributed by atoms with Gasteiger partial charge in [-0.1, -0.05) is 0 Å². The zero-order valence-corrected chi connectivity index (χ0v) is 129. The van der Waals surface area contributed by atoms with E-state index in [0.29, 0.717) is 0 Å². The van der Waals surface area contributed by atoms with E-state index in [4.69, 9.17) is 0 Å². The molecule has 0 unspecified atom stereocenters. The van der Waals surface area contributed by atoms with Gasteiger partial charge in [0.1, 0.15) is 0 Å². The van der Waals surface area contributed by atoms with Crippen molar-refractivity contribution in [1.82, 2.24) is 0 Å². The first kappa shape index (κ1) is 372. The summed E-state index contributed by atoms with van der Waals surface area (Å²) in [4.78, 5) is 0. The van der Waals surface area contributed by atoms with Crippen LogP contribution in [0.5, 0.6) is 0 Å². The molecule has 0 atom stereocenters. The average molecular weight is 2290 g/mol. The Morgan fingerprint density at radius 1 is 0.0286 bits per heavy atom. The van der Waals surface area contributed by atoms with Gasteiger partial charge in [-0.3, -0.25) is 0 Å². The maximum Gasteiger partial charge on any atom is 0 e. The zero-order chi connectivity index (χ0) is 0. The Kier molecular flexibility index (Phi) is 3740. The van der Waals surface area contributed by atoms with Crippen LogP contribution < -0.4 is 0 Å². The minimum absolute atomic E-state index is 0. The molecule has 0 aromatic carbocycles. The van der Waals surface area contributed by atoms with Gasteiger partial charge in [-0.05, 0) is 0 Å². The maximum atomic E-state index is 0. The number of rotatable bonds is 0. The molecule has 0 heterocycles. The predicted octanol–water partition coefficient (Wildman–Crippen LogP) is -0.0875. The Morgan fingerprint density at radius 3 is 0.0286 bits per heavy atom. The summed E-state index contributed by atoms with van der Waals surface area (Å²) >= 11 is 0. The van der Waals surface area contributed by atoms with Crippen molar-refractivity contribution in [1.29, 1.82) is 0 Å². The van der Waals surface area contributed by atoms with Gasteiger partial charge in [-0.25, -0.2) is 0 Å². The van der Waals surface area contributed by atoms with Gasteiger partial charge in [0, 0.05) is 682 Å². The number of hydrogen-bond acceptors (Lipinski definition) is 0. The first-order valence-electron chi connectivity index (χ1n) is 0. The SMILES string of the molecule is [Zn].[Zn].[Zn].[Zn].[Zn].[Zn].[Zn].[Zn].[Zn].[Zn].[Zn].[Zn].[Zn].[Zn].[Zn].[Zn].[Zn].[Zn].[Zn].[Zn].[Zn].[Zn].[Zn].[Zn].[Zn].[Zn].[Zn].[Zn].[Zn].[Zn].[Zn].[Zn].[Zn].[Zn].[Zn]. The van der Waals surface area contributed by atoms with Crippen LogP contribution in [0.4, 0.5) is 0 Å². The molecular formula is Zn35. The van der Waals surface area contributed by atoms with Crippen LogP contribution in [0.2, 0.25) is 0 Å². The molecule has 70 valence electrons. The van der Waals surface area contributed by atoms with E-state index in [2.05, 4.69) is 0 Å². The predicted molar refractivity (Wildman–Crippen MR) is 0 cm³/mol. The van der Waals surface area contributed by atoms with Crippen LogP contribution in [-0.4, -0.2) is 0 Å². The molecule has 0 radical (unpaired) electrons. The van der Waals surface area contributed by atoms with Gasteiger partial charge in [0.15, 0.2) is 0 Å². The van der Waals surface area contributed by atoms with E-state index in [-0.39, 0.29) is 682 Å². The third kappa shape index (κ3) is 340. The first-order chi connectivity index (χ1) is 0. The molecule has 0 spiro atoms. The molecule has 0 bridgehead atoms. The average Bonchev–Trinajstić information content (AvgIpc) is 0. The third-order valence-electron chi connectivity index (χ3n) is 0. The summed E-state index contributed by atoms with van der Waals surface area (Å²) in [6.07, 6.45) is 0. The standard InChI is InChI=1S/35Zn. The molecule has 0 aromatic heterocycles. The van der Waals surface area contributed by atoms with Crippen LogP contribution in [0.3, 0.4) is 0 Å². The molecule has 0 nitrogen and oxygen atoms in total. The summed E-state index contributed by atoms with van der Waals surface area (Å²) in [6.45, 7) is 0. The Balaban J connectivity index is 0. The van der Waals surface area contributed by atoms with Gasteiger partial charge in [0.05, 0.1) is 0 Å². The van der Waals surface area contributed by atoms with Crippen molar-refractivity contribution in [2.45, 2.75) is 0 Å². The molecule has 0 saturated carbocycles. The van der Waals surface area contributed by atoms with Gasteiger partial charge >= 0.3 is 0 Å². The molecule has 0 aliphatic rings. The first-order valence-corrected chi connectivity index (χ1v) is 0. The summed E-state index contributed by atoms with van der Waals surface area (Å²) in [7, 11) is 0. The third-order valence-corrected chi connectivity index (χ3v) is 0. The van der Waals surface area contributed by atoms with E-state index in [1.807, 2.05) is 0 Å². The van der Waals surface area contributed by atoms with E-state index in [9.17, 15) is 0 Å². The second-order valence-corrected chi connectivity index (χ2v) is 0. The van der Waals surface area contributed by atoms with Gasteiger partial charge in [-0.15, -0.1) is 0 Å². The van der Waals surface area contributed by atoms with E-state index in [1.165, 1.54) is 0 Å². The largest absolute Gasteiger partial charge is 0 e. The topological polar surface area (TPSA) is 0 Å². The quantitative estimate of drug-likeness (QED) is 0.299. The van der Waals surface area contributed by atoms with Crippen molar-refractivity contribution < 1.29 is 682 Å². The molecule has 0 amide bonds. The Hall–Kier alpha value is 21.8. The summed E-state index contributed by atoms with van der Waals surface area (Å²) in [5, 5.41) is 0. The molecular weight excluding hydrogens is 2290 g/mol. The Labute approximate surface area is 662 Å². The van der Waals surface area contributed by atoms with Crippen LogP contribution >= 0.6 is 0 Å². The van der Waals surface area contributed by atoms with Crippen molar-refractivity contribution in [3.8, 4) is 0 Å².